The molecule has 3 nitrogen and oxygen atoms in total. The van der Waals surface area contributed by atoms with E-state index >= 15 is 0 Å². The molecule has 0 saturated carbocycles. The summed E-state index contributed by atoms with van der Waals surface area (Å²) >= 11 is 0. The van der Waals surface area contributed by atoms with Crippen LogP contribution in [0.3, 0.4) is 0 Å². The van der Waals surface area contributed by atoms with Crippen molar-refractivity contribution >= 4 is 0 Å². The van der Waals surface area contributed by atoms with Crippen LogP contribution >= 0.6 is 0 Å². The van der Waals surface area contributed by atoms with E-state index in [2.05, 4.69) is 5.32 Å². The van der Waals surface area contributed by atoms with E-state index in [1.165, 1.54) is 0 Å². The minimum atomic E-state index is -0.723. The molecule has 2 aromatic rings. The summed E-state index contributed by atoms with van der Waals surface area (Å²) in [6.07, 6.45) is 0. The Morgan fingerprint density at radius 1 is 1.21 bits per heavy atom. The molecule has 0 aliphatic heterocycles. The number of nitrogens with one attached hydrogen (secondary N) is 1. The zero-order valence-electron chi connectivity index (χ0n) is 10.3. The van der Waals surface area contributed by atoms with Gasteiger partial charge in [0.25, 0.3) is 0 Å². The number of furan rings is 1. The number of benzene rings is 1. The summed E-state index contributed by atoms with van der Waals surface area (Å²) in [5, 5.41) is 11.5. The summed E-state index contributed by atoms with van der Waals surface area (Å²) in [5.74, 6) is 0.0406. The van der Waals surface area contributed by atoms with E-state index in [1.54, 1.807) is 12.1 Å². The maximum absolute atomic E-state index is 13.6. The maximum Gasteiger partial charge on any atom is 0.131 e. The smallest absolute Gasteiger partial charge is 0.131 e. The number of rotatable bonds is 4. The van der Waals surface area contributed by atoms with Gasteiger partial charge in [-0.2, -0.15) is 5.26 Å². The number of nitrogens with zero attached hydrogens (tertiary/aromatic N) is 1. The Morgan fingerprint density at radius 3 is 2.42 bits per heavy atom. The molecule has 0 atom stereocenters. The van der Waals surface area contributed by atoms with Crippen LogP contribution in [0.1, 0.15) is 22.6 Å². The molecule has 1 aromatic carbocycles. The predicted molar refractivity (Wildman–Crippen MR) is 65.1 cm³/mol. The molecule has 0 amide bonds. The van der Waals surface area contributed by atoms with E-state index < -0.39 is 11.6 Å². The van der Waals surface area contributed by atoms with Gasteiger partial charge in [-0.1, -0.05) is 0 Å². The van der Waals surface area contributed by atoms with Crippen molar-refractivity contribution in [2.75, 3.05) is 0 Å². The first-order chi connectivity index (χ1) is 9.10. The van der Waals surface area contributed by atoms with Crippen molar-refractivity contribution in [1.82, 2.24) is 5.32 Å². The fraction of sp³-hybridized carbons (Fsp3) is 0.214. The molecule has 0 unspecified atom stereocenters. The highest BCUT2D eigenvalue weighted by Gasteiger charge is 2.11. The van der Waals surface area contributed by atoms with Crippen molar-refractivity contribution < 1.29 is 13.2 Å². The number of nitriles is 1. The standard InChI is InChI=1S/C14H12F2N2O/c1-9-2-3-11(19-9)7-18-8-12-13(15)4-10(6-17)5-14(12)16/h2-5,18H,7-8H2,1H3. The molecule has 1 heterocycles. The van der Waals surface area contributed by atoms with E-state index in [4.69, 9.17) is 9.68 Å². The van der Waals surface area contributed by atoms with Gasteiger partial charge in [0, 0.05) is 12.1 Å². The molecule has 2 rings (SSSR count). The van der Waals surface area contributed by atoms with Gasteiger partial charge in [-0.15, -0.1) is 0 Å². The minimum Gasteiger partial charge on any atom is -0.465 e. The summed E-state index contributed by atoms with van der Waals surface area (Å²) in [5.41, 5.74) is -0.109. The molecular weight excluding hydrogens is 250 g/mol. The Kier molecular flexibility index (Phi) is 3.93. The van der Waals surface area contributed by atoms with Gasteiger partial charge in [-0.3, -0.25) is 0 Å². The first-order valence-corrected chi connectivity index (χ1v) is 5.74. The highest BCUT2D eigenvalue weighted by atomic mass is 19.1. The van der Waals surface area contributed by atoms with Crippen LogP contribution in [0.15, 0.2) is 28.7 Å². The van der Waals surface area contributed by atoms with Crippen molar-refractivity contribution in [1.29, 1.82) is 5.26 Å². The second-order valence-corrected chi connectivity index (χ2v) is 4.15. The average Bonchev–Trinajstić information content (AvgIpc) is 2.78. The summed E-state index contributed by atoms with van der Waals surface area (Å²) in [4.78, 5) is 0. The maximum atomic E-state index is 13.6. The van der Waals surface area contributed by atoms with Crippen LogP contribution in [0.5, 0.6) is 0 Å². The lowest BCUT2D eigenvalue weighted by Crippen LogP contribution is -2.14. The Labute approximate surface area is 109 Å². The van der Waals surface area contributed by atoms with Crippen LogP contribution in [0.25, 0.3) is 0 Å². The summed E-state index contributed by atoms with van der Waals surface area (Å²) in [7, 11) is 0. The van der Waals surface area contributed by atoms with Crippen molar-refractivity contribution in [3.05, 3.63) is 58.5 Å². The second kappa shape index (κ2) is 5.63. The van der Waals surface area contributed by atoms with Gasteiger partial charge in [-0.05, 0) is 31.2 Å². The number of hydrogen-bond acceptors (Lipinski definition) is 3. The van der Waals surface area contributed by atoms with E-state index in [0.717, 1.165) is 17.9 Å². The lowest BCUT2D eigenvalue weighted by molar-refractivity contribution is 0.455. The van der Waals surface area contributed by atoms with Crippen LogP contribution in [0.2, 0.25) is 0 Å². The van der Waals surface area contributed by atoms with Crippen molar-refractivity contribution in [2.24, 2.45) is 0 Å². The zero-order valence-corrected chi connectivity index (χ0v) is 10.3. The summed E-state index contributed by atoms with van der Waals surface area (Å²) in [6, 6.07) is 7.37. The molecule has 0 bridgehead atoms. The van der Waals surface area contributed by atoms with E-state index in [9.17, 15) is 8.78 Å². The lowest BCUT2D eigenvalue weighted by Gasteiger charge is -2.06. The van der Waals surface area contributed by atoms with Gasteiger partial charge in [0.15, 0.2) is 0 Å². The Morgan fingerprint density at radius 2 is 1.89 bits per heavy atom. The Hall–Kier alpha value is -2.19. The average molecular weight is 262 g/mol. The van der Waals surface area contributed by atoms with Gasteiger partial charge < -0.3 is 9.73 Å². The van der Waals surface area contributed by atoms with E-state index in [-0.39, 0.29) is 17.7 Å². The van der Waals surface area contributed by atoms with Crippen LogP contribution < -0.4 is 5.32 Å². The highest BCUT2D eigenvalue weighted by Crippen LogP contribution is 2.15. The monoisotopic (exact) mass is 262 g/mol. The molecule has 1 aromatic heterocycles. The number of aryl methyl sites for hydroxylation is 1. The number of hydrogen-bond donors (Lipinski definition) is 1. The normalized spacial score (nSPS) is 10.4. The minimum absolute atomic E-state index is 0.0274. The third-order valence-electron chi connectivity index (χ3n) is 2.67. The zero-order chi connectivity index (χ0) is 13.8. The van der Waals surface area contributed by atoms with Crippen LogP contribution in [0.4, 0.5) is 8.78 Å². The Bertz CT molecular complexity index is 606. The van der Waals surface area contributed by atoms with Gasteiger partial charge in [-0.25, -0.2) is 8.78 Å². The van der Waals surface area contributed by atoms with Crippen LogP contribution in [0, 0.1) is 29.9 Å². The third kappa shape index (κ3) is 3.18. The fourth-order valence-electron chi connectivity index (χ4n) is 1.73. The molecule has 1 N–H and O–H groups in total. The molecule has 98 valence electrons. The van der Waals surface area contributed by atoms with Gasteiger partial charge in [0.2, 0.25) is 0 Å². The third-order valence-corrected chi connectivity index (χ3v) is 2.67. The molecule has 0 radical (unpaired) electrons. The number of halogens is 2. The molecule has 19 heavy (non-hydrogen) atoms. The predicted octanol–water partition coefficient (Wildman–Crippen LogP) is 3.03. The molecule has 0 fully saturated rings. The summed E-state index contributed by atoms with van der Waals surface area (Å²) in [6.45, 7) is 2.24. The first kappa shape index (κ1) is 13.2. The molecule has 5 heteroatoms. The van der Waals surface area contributed by atoms with E-state index in [1.807, 2.05) is 13.0 Å². The van der Waals surface area contributed by atoms with Crippen molar-refractivity contribution in [2.45, 2.75) is 20.0 Å². The van der Waals surface area contributed by atoms with Crippen molar-refractivity contribution in [3.8, 4) is 6.07 Å². The quantitative estimate of drug-likeness (QED) is 0.921. The fourth-order valence-corrected chi connectivity index (χ4v) is 1.73. The first-order valence-electron chi connectivity index (χ1n) is 5.74. The van der Waals surface area contributed by atoms with Gasteiger partial charge >= 0.3 is 0 Å². The largest absolute Gasteiger partial charge is 0.465 e. The molecular formula is C14H12F2N2O. The highest BCUT2D eigenvalue weighted by molar-refractivity contribution is 5.34. The van der Waals surface area contributed by atoms with Crippen molar-refractivity contribution in [3.63, 3.8) is 0 Å². The van der Waals surface area contributed by atoms with Gasteiger partial charge in [0.1, 0.15) is 23.2 Å². The van der Waals surface area contributed by atoms with Crippen LogP contribution in [-0.4, -0.2) is 0 Å². The molecule has 0 aliphatic carbocycles. The van der Waals surface area contributed by atoms with E-state index in [0.29, 0.717) is 12.3 Å². The summed E-state index contributed by atoms with van der Waals surface area (Å²) < 4.78 is 32.5. The van der Waals surface area contributed by atoms with Crippen LogP contribution in [-0.2, 0) is 13.1 Å². The second-order valence-electron chi connectivity index (χ2n) is 4.15. The van der Waals surface area contributed by atoms with Gasteiger partial charge in [0.05, 0.1) is 18.2 Å². The lowest BCUT2D eigenvalue weighted by atomic mass is 10.1. The SMILES string of the molecule is Cc1ccc(CNCc2c(F)cc(C#N)cc2F)o1. The Balaban J connectivity index is 2.02. The molecule has 0 spiro atoms. The molecule has 0 saturated heterocycles. The molecule has 0 aliphatic rings. The topological polar surface area (TPSA) is 49.0 Å².